The average molecular weight is 196 g/mol. The van der Waals surface area contributed by atoms with Gasteiger partial charge in [0.15, 0.2) is 0 Å². The van der Waals surface area contributed by atoms with E-state index in [0.29, 0.717) is 13.0 Å². The summed E-state index contributed by atoms with van der Waals surface area (Å²) in [6, 6.07) is -0.141. The highest BCUT2D eigenvalue weighted by molar-refractivity contribution is 5.76. The molecule has 80 valence electrons. The number of hydrogen-bond acceptors (Lipinski definition) is 2. The van der Waals surface area contributed by atoms with E-state index in [4.69, 9.17) is 12.2 Å². The fourth-order valence-corrected chi connectivity index (χ4v) is 1.17. The van der Waals surface area contributed by atoms with Gasteiger partial charge in [0.1, 0.15) is 0 Å². The molecule has 0 heterocycles. The average Bonchev–Trinajstić information content (AvgIpc) is 2.22. The third kappa shape index (κ3) is 4.88. The summed E-state index contributed by atoms with van der Waals surface area (Å²) in [7, 11) is 0. The van der Waals surface area contributed by atoms with Gasteiger partial charge in [-0.3, -0.25) is 4.79 Å². The molecule has 3 heteroatoms. The lowest BCUT2D eigenvalue weighted by atomic mass is 10.0. The summed E-state index contributed by atoms with van der Waals surface area (Å²) in [4.78, 5) is 11.4. The second-order valence-electron chi connectivity index (χ2n) is 3.41. The number of carbonyl (C=O) groups excluding carboxylic acids is 1. The molecule has 0 rings (SSSR count). The Hall–Kier alpha value is -1.01. The van der Waals surface area contributed by atoms with Crippen LogP contribution < -0.4 is 11.1 Å². The summed E-state index contributed by atoms with van der Waals surface area (Å²) in [6.45, 7) is 4.53. The molecule has 1 amide bonds. The normalized spacial score (nSPS) is 14.1. The maximum absolute atomic E-state index is 11.4. The van der Waals surface area contributed by atoms with Crippen LogP contribution in [0, 0.1) is 18.3 Å². The third-order valence-corrected chi connectivity index (χ3v) is 2.33. The van der Waals surface area contributed by atoms with Gasteiger partial charge in [-0.25, -0.2) is 0 Å². The van der Waals surface area contributed by atoms with Crippen LogP contribution >= 0.6 is 0 Å². The Bertz CT molecular complexity index is 204. The standard InChI is InChI=1S/C11H20N2O/c1-4-9(8-12)7-11(14)13-10(5-2)6-3/h2,9-10H,4,6-8,12H2,1,3H3,(H,13,14). The van der Waals surface area contributed by atoms with Gasteiger partial charge >= 0.3 is 0 Å². The second kappa shape index (κ2) is 7.40. The van der Waals surface area contributed by atoms with Gasteiger partial charge in [-0.2, -0.15) is 0 Å². The van der Waals surface area contributed by atoms with Crippen LogP contribution in [-0.2, 0) is 4.79 Å². The van der Waals surface area contributed by atoms with Gasteiger partial charge in [-0.15, -0.1) is 6.42 Å². The number of nitrogens with one attached hydrogen (secondary N) is 1. The van der Waals surface area contributed by atoms with Crippen LogP contribution in [0.2, 0.25) is 0 Å². The van der Waals surface area contributed by atoms with Gasteiger partial charge in [0.25, 0.3) is 0 Å². The molecule has 0 aliphatic heterocycles. The lowest BCUT2D eigenvalue weighted by molar-refractivity contribution is -0.122. The molecule has 0 bridgehead atoms. The maximum atomic E-state index is 11.4. The zero-order valence-corrected chi connectivity index (χ0v) is 9.05. The molecule has 0 fully saturated rings. The van der Waals surface area contributed by atoms with Crippen molar-refractivity contribution in [2.45, 2.75) is 39.2 Å². The molecule has 3 nitrogen and oxygen atoms in total. The topological polar surface area (TPSA) is 55.1 Å². The highest BCUT2D eigenvalue weighted by Gasteiger charge is 2.12. The number of nitrogens with two attached hydrogens (primary N) is 1. The Kier molecular flexibility index (Phi) is 6.87. The van der Waals surface area contributed by atoms with Crippen molar-refractivity contribution < 1.29 is 4.79 Å². The van der Waals surface area contributed by atoms with Crippen LogP contribution in [0.4, 0.5) is 0 Å². The fraction of sp³-hybridized carbons (Fsp3) is 0.727. The predicted molar refractivity (Wildman–Crippen MR) is 58.5 cm³/mol. The van der Waals surface area contributed by atoms with Crippen molar-refractivity contribution in [1.82, 2.24) is 5.32 Å². The Morgan fingerprint density at radius 3 is 2.50 bits per heavy atom. The zero-order valence-electron chi connectivity index (χ0n) is 9.05. The molecule has 14 heavy (non-hydrogen) atoms. The maximum Gasteiger partial charge on any atom is 0.221 e. The smallest absolute Gasteiger partial charge is 0.221 e. The van der Waals surface area contributed by atoms with Crippen LogP contribution in [0.25, 0.3) is 0 Å². The molecule has 3 N–H and O–H groups in total. The number of terminal acetylenes is 1. The number of amides is 1. The monoisotopic (exact) mass is 196 g/mol. The second-order valence-corrected chi connectivity index (χ2v) is 3.41. The number of rotatable bonds is 6. The summed E-state index contributed by atoms with van der Waals surface area (Å²) in [5.41, 5.74) is 5.51. The van der Waals surface area contributed by atoms with Crippen molar-refractivity contribution >= 4 is 5.91 Å². The molecule has 2 atom stereocenters. The highest BCUT2D eigenvalue weighted by atomic mass is 16.1. The molecule has 0 saturated carbocycles. The van der Waals surface area contributed by atoms with Crippen LogP contribution in [-0.4, -0.2) is 18.5 Å². The Balaban J connectivity index is 3.91. The van der Waals surface area contributed by atoms with E-state index in [9.17, 15) is 4.79 Å². The molecular formula is C11H20N2O. The van der Waals surface area contributed by atoms with Gasteiger partial charge in [0, 0.05) is 6.42 Å². The fourth-order valence-electron chi connectivity index (χ4n) is 1.17. The largest absolute Gasteiger partial charge is 0.342 e. The minimum atomic E-state index is -0.141. The highest BCUT2D eigenvalue weighted by Crippen LogP contribution is 2.05. The first-order valence-corrected chi connectivity index (χ1v) is 5.13. The minimum Gasteiger partial charge on any atom is -0.342 e. The van der Waals surface area contributed by atoms with Crippen LogP contribution in [0.1, 0.15) is 33.1 Å². The summed E-state index contributed by atoms with van der Waals surface area (Å²) in [6.07, 6.45) is 7.41. The van der Waals surface area contributed by atoms with Crippen LogP contribution in [0.3, 0.4) is 0 Å². The first-order valence-electron chi connectivity index (χ1n) is 5.13. The van der Waals surface area contributed by atoms with Crippen LogP contribution in [0.5, 0.6) is 0 Å². The molecule has 0 aliphatic carbocycles. The molecule has 0 radical (unpaired) electrons. The van der Waals surface area contributed by atoms with E-state index in [1.54, 1.807) is 0 Å². The molecular weight excluding hydrogens is 176 g/mol. The quantitative estimate of drug-likeness (QED) is 0.620. The Morgan fingerprint density at radius 2 is 2.14 bits per heavy atom. The molecule has 0 saturated heterocycles. The molecule has 0 aliphatic rings. The van der Waals surface area contributed by atoms with Gasteiger partial charge < -0.3 is 11.1 Å². The van der Waals surface area contributed by atoms with E-state index >= 15 is 0 Å². The summed E-state index contributed by atoms with van der Waals surface area (Å²) in [5.74, 6) is 2.80. The molecule has 2 unspecified atom stereocenters. The van der Waals surface area contributed by atoms with E-state index in [1.165, 1.54) is 0 Å². The molecule has 0 spiro atoms. The number of carbonyl (C=O) groups is 1. The summed E-state index contributed by atoms with van der Waals surface area (Å²) in [5, 5.41) is 2.78. The van der Waals surface area contributed by atoms with E-state index in [0.717, 1.165) is 12.8 Å². The van der Waals surface area contributed by atoms with Crippen molar-refractivity contribution in [2.24, 2.45) is 11.7 Å². The third-order valence-electron chi connectivity index (χ3n) is 2.33. The lowest BCUT2D eigenvalue weighted by Gasteiger charge is -2.14. The van der Waals surface area contributed by atoms with Crippen molar-refractivity contribution in [1.29, 1.82) is 0 Å². The van der Waals surface area contributed by atoms with Gasteiger partial charge in [-0.1, -0.05) is 26.2 Å². The Labute approximate surface area is 86.4 Å². The first kappa shape index (κ1) is 13.0. The van der Waals surface area contributed by atoms with Gasteiger partial charge in [0.05, 0.1) is 6.04 Å². The van der Waals surface area contributed by atoms with Gasteiger partial charge in [0.2, 0.25) is 5.91 Å². The van der Waals surface area contributed by atoms with Gasteiger partial charge in [-0.05, 0) is 18.9 Å². The van der Waals surface area contributed by atoms with Crippen LogP contribution in [0.15, 0.2) is 0 Å². The van der Waals surface area contributed by atoms with Crippen molar-refractivity contribution in [3.8, 4) is 12.3 Å². The Morgan fingerprint density at radius 1 is 1.50 bits per heavy atom. The minimum absolute atomic E-state index is 0.00657. The van der Waals surface area contributed by atoms with Crippen molar-refractivity contribution in [2.75, 3.05) is 6.54 Å². The first-order chi connectivity index (χ1) is 6.67. The number of hydrogen-bond donors (Lipinski definition) is 2. The summed E-state index contributed by atoms with van der Waals surface area (Å²) < 4.78 is 0. The molecule has 0 aromatic heterocycles. The van der Waals surface area contributed by atoms with Crippen molar-refractivity contribution in [3.05, 3.63) is 0 Å². The molecule has 0 aromatic rings. The van der Waals surface area contributed by atoms with E-state index in [-0.39, 0.29) is 17.9 Å². The SMILES string of the molecule is C#CC(CC)NC(=O)CC(CC)CN. The van der Waals surface area contributed by atoms with Crippen molar-refractivity contribution in [3.63, 3.8) is 0 Å². The predicted octanol–water partition coefficient (Wildman–Crippen LogP) is 0.889. The molecule has 0 aromatic carbocycles. The zero-order chi connectivity index (χ0) is 11.0. The lowest BCUT2D eigenvalue weighted by Crippen LogP contribution is -2.35. The van der Waals surface area contributed by atoms with E-state index in [2.05, 4.69) is 11.2 Å². The van der Waals surface area contributed by atoms with E-state index in [1.807, 2.05) is 13.8 Å². The summed E-state index contributed by atoms with van der Waals surface area (Å²) >= 11 is 0. The van der Waals surface area contributed by atoms with E-state index < -0.39 is 0 Å².